The number of pyridine rings is 1. The molecule has 3 aromatic rings. The number of rotatable bonds is 8. The summed E-state index contributed by atoms with van der Waals surface area (Å²) >= 11 is 1.87. The van der Waals surface area contributed by atoms with Crippen LogP contribution in [-0.4, -0.2) is 69.5 Å². The highest BCUT2D eigenvalue weighted by atomic mass is 32.2. The first-order valence-corrected chi connectivity index (χ1v) is 13.6. The molecule has 1 atom stereocenters. The number of benzene rings is 1. The van der Waals surface area contributed by atoms with E-state index in [0.29, 0.717) is 30.6 Å². The van der Waals surface area contributed by atoms with Crippen LogP contribution in [0.4, 0.5) is 0 Å². The van der Waals surface area contributed by atoms with Crippen molar-refractivity contribution < 1.29 is 9.63 Å². The number of allylic oxidation sites excluding steroid dienone is 3. The van der Waals surface area contributed by atoms with Crippen LogP contribution in [0, 0.1) is 0 Å². The van der Waals surface area contributed by atoms with Gasteiger partial charge in [0.1, 0.15) is 12.8 Å². The molecule has 1 aromatic carbocycles. The second kappa shape index (κ2) is 11.8. The van der Waals surface area contributed by atoms with E-state index >= 15 is 0 Å². The molecule has 2 aliphatic heterocycles. The van der Waals surface area contributed by atoms with Gasteiger partial charge in [0.2, 0.25) is 0 Å². The first kappa shape index (κ1) is 25.3. The summed E-state index contributed by atoms with van der Waals surface area (Å²) in [5.41, 5.74) is 3.74. The molecule has 1 fully saturated rings. The van der Waals surface area contributed by atoms with Crippen LogP contribution in [0.2, 0.25) is 0 Å². The normalized spacial score (nSPS) is 19.1. The van der Waals surface area contributed by atoms with Gasteiger partial charge >= 0.3 is 0 Å². The minimum atomic E-state index is 0.0617. The third-order valence-electron chi connectivity index (χ3n) is 6.85. The molecular formula is C29H33N5O2S. The number of fused-ring (bicyclic) bond motifs is 1. The minimum absolute atomic E-state index is 0.0617. The van der Waals surface area contributed by atoms with Gasteiger partial charge in [-0.15, -0.1) is 11.8 Å². The smallest absolute Gasteiger partial charge is 0.270 e. The van der Waals surface area contributed by atoms with Crippen LogP contribution in [-0.2, 0) is 17.9 Å². The molecule has 4 heterocycles. The number of piperazine rings is 1. The van der Waals surface area contributed by atoms with E-state index in [2.05, 4.69) is 50.8 Å². The Kier molecular flexibility index (Phi) is 8.06. The van der Waals surface area contributed by atoms with Gasteiger partial charge < -0.3 is 14.3 Å². The molecule has 1 amide bonds. The zero-order valence-electron chi connectivity index (χ0n) is 21.4. The van der Waals surface area contributed by atoms with Gasteiger partial charge in [-0.1, -0.05) is 35.5 Å². The van der Waals surface area contributed by atoms with Crippen LogP contribution in [0.3, 0.4) is 0 Å². The lowest BCUT2D eigenvalue weighted by Gasteiger charge is -2.34. The lowest BCUT2D eigenvalue weighted by molar-refractivity contribution is 0.0619. The van der Waals surface area contributed by atoms with Crippen LogP contribution in [0.25, 0.3) is 10.9 Å². The largest absolute Gasteiger partial charge is 0.399 e. The number of para-hydroxylation sites is 1. The molecule has 0 saturated carbocycles. The molecule has 0 aliphatic carbocycles. The van der Waals surface area contributed by atoms with E-state index in [4.69, 9.17) is 4.84 Å². The summed E-state index contributed by atoms with van der Waals surface area (Å²) in [6.45, 7) is 6.59. The fraction of sp³-hybridized carbons (Fsp3) is 0.345. The predicted octanol–water partition coefficient (Wildman–Crippen LogP) is 4.96. The number of carbonyl (C=O) groups excluding carboxylic acids is 1. The van der Waals surface area contributed by atoms with Crippen molar-refractivity contribution in [1.82, 2.24) is 19.4 Å². The van der Waals surface area contributed by atoms with E-state index in [-0.39, 0.29) is 5.91 Å². The molecule has 5 rings (SSSR count). The maximum atomic E-state index is 13.8. The Morgan fingerprint density at radius 1 is 1.16 bits per heavy atom. The highest BCUT2D eigenvalue weighted by Gasteiger charge is 2.26. The molecular weight excluding hydrogens is 482 g/mol. The summed E-state index contributed by atoms with van der Waals surface area (Å²) in [5, 5.41) is 5.76. The number of carbonyl (C=O) groups is 1. The van der Waals surface area contributed by atoms with Crippen LogP contribution < -0.4 is 0 Å². The van der Waals surface area contributed by atoms with Gasteiger partial charge in [-0.05, 0) is 54.2 Å². The van der Waals surface area contributed by atoms with E-state index in [1.807, 2.05) is 65.5 Å². The fourth-order valence-electron chi connectivity index (χ4n) is 4.92. The average Bonchev–Trinajstić information content (AvgIpc) is 3.51. The summed E-state index contributed by atoms with van der Waals surface area (Å²) in [6, 6.07) is 14.2. The third kappa shape index (κ3) is 6.14. The minimum Gasteiger partial charge on any atom is -0.399 e. The molecule has 2 aromatic heterocycles. The van der Waals surface area contributed by atoms with Crippen molar-refractivity contribution in [3.05, 3.63) is 89.2 Å². The Bertz CT molecular complexity index is 1320. The Labute approximate surface area is 222 Å². The van der Waals surface area contributed by atoms with Crippen LogP contribution in [0.15, 0.2) is 83.1 Å². The second-order valence-corrected chi connectivity index (χ2v) is 10.9. The van der Waals surface area contributed by atoms with Crippen LogP contribution in [0.1, 0.15) is 29.4 Å². The first-order chi connectivity index (χ1) is 18.1. The van der Waals surface area contributed by atoms with E-state index in [1.54, 1.807) is 7.11 Å². The molecule has 192 valence electrons. The van der Waals surface area contributed by atoms with Crippen molar-refractivity contribution in [3.8, 4) is 0 Å². The van der Waals surface area contributed by atoms with Crippen molar-refractivity contribution in [3.63, 3.8) is 0 Å². The quantitative estimate of drug-likeness (QED) is 0.313. The van der Waals surface area contributed by atoms with Crippen molar-refractivity contribution in [2.45, 2.75) is 31.7 Å². The zero-order valence-corrected chi connectivity index (χ0v) is 22.2. The van der Waals surface area contributed by atoms with Gasteiger partial charge in [0.25, 0.3) is 5.91 Å². The molecule has 0 N–H and O–H groups in total. The Balaban J connectivity index is 1.32. The molecule has 1 saturated heterocycles. The number of nitrogens with zero attached hydrogens (tertiary/aromatic N) is 5. The number of amides is 1. The lowest BCUT2D eigenvalue weighted by Crippen LogP contribution is -2.48. The summed E-state index contributed by atoms with van der Waals surface area (Å²) in [5.74, 6) is 0.0617. The highest BCUT2D eigenvalue weighted by Crippen LogP contribution is 2.32. The average molecular weight is 516 g/mol. The molecule has 7 nitrogen and oxygen atoms in total. The fourth-order valence-corrected chi connectivity index (χ4v) is 5.94. The summed E-state index contributed by atoms with van der Waals surface area (Å²) < 4.78 is 2.08. The number of aromatic nitrogens is 2. The van der Waals surface area contributed by atoms with Crippen molar-refractivity contribution >= 4 is 34.3 Å². The van der Waals surface area contributed by atoms with Gasteiger partial charge in [0, 0.05) is 61.3 Å². The van der Waals surface area contributed by atoms with Gasteiger partial charge in [-0.25, -0.2) is 0 Å². The lowest BCUT2D eigenvalue weighted by atomic mass is 10.2. The monoisotopic (exact) mass is 515 g/mol. The van der Waals surface area contributed by atoms with E-state index in [9.17, 15) is 4.79 Å². The van der Waals surface area contributed by atoms with E-state index in [1.165, 1.54) is 10.5 Å². The standard InChI is InChI=1S/C29H33N5O2S/c1-22-7-9-26(37-22)10-8-25(31-36-2)21-34-27-6-4-3-5-24(27)19-28(34)29(35)33-17-15-32(16-18-33)20-23-11-13-30-14-12-23/h3-8,10-14,19,26H,9,15-18,20-21H2,1-2H3/b10-8+,31-25+. The Morgan fingerprint density at radius 2 is 1.95 bits per heavy atom. The molecule has 0 spiro atoms. The van der Waals surface area contributed by atoms with Crippen molar-refractivity contribution in [2.24, 2.45) is 5.16 Å². The highest BCUT2D eigenvalue weighted by molar-refractivity contribution is 8.04. The van der Waals surface area contributed by atoms with E-state index in [0.717, 1.165) is 42.7 Å². The zero-order chi connectivity index (χ0) is 25.6. The summed E-state index contributed by atoms with van der Waals surface area (Å²) in [6.07, 6.45) is 11.2. The SMILES string of the molecule is CO/N=C(\C=C\C1CC=C(C)S1)Cn1c(C(=O)N2CCN(Cc3ccncc3)CC2)cc2ccccc21. The molecule has 0 radical (unpaired) electrons. The molecule has 0 bridgehead atoms. The molecule has 2 aliphatic rings. The van der Waals surface area contributed by atoms with Crippen molar-refractivity contribution in [1.29, 1.82) is 0 Å². The first-order valence-electron chi connectivity index (χ1n) is 12.7. The van der Waals surface area contributed by atoms with Crippen LogP contribution in [0.5, 0.6) is 0 Å². The number of hydrogen-bond donors (Lipinski definition) is 0. The predicted molar refractivity (Wildman–Crippen MR) is 151 cm³/mol. The van der Waals surface area contributed by atoms with E-state index < -0.39 is 0 Å². The van der Waals surface area contributed by atoms with Gasteiger partial charge in [-0.3, -0.25) is 14.7 Å². The second-order valence-electron chi connectivity index (χ2n) is 9.43. The van der Waals surface area contributed by atoms with Gasteiger partial charge in [-0.2, -0.15) is 0 Å². The molecule has 1 unspecified atom stereocenters. The molecule has 8 heteroatoms. The molecule has 37 heavy (non-hydrogen) atoms. The van der Waals surface area contributed by atoms with Crippen LogP contribution >= 0.6 is 11.8 Å². The topological polar surface area (TPSA) is 63.0 Å². The summed E-state index contributed by atoms with van der Waals surface area (Å²) in [4.78, 5) is 28.8. The maximum absolute atomic E-state index is 13.8. The number of hydrogen-bond acceptors (Lipinski definition) is 6. The number of thioether (sulfide) groups is 1. The Morgan fingerprint density at radius 3 is 2.68 bits per heavy atom. The van der Waals surface area contributed by atoms with Gasteiger partial charge in [0.05, 0.1) is 12.3 Å². The maximum Gasteiger partial charge on any atom is 0.270 e. The van der Waals surface area contributed by atoms with Crippen molar-refractivity contribution in [2.75, 3.05) is 33.3 Å². The van der Waals surface area contributed by atoms with Gasteiger partial charge in [0.15, 0.2) is 0 Å². The number of oxime groups is 1. The Hall–Kier alpha value is -3.36. The third-order valence-corrected chi connectivity index (χ3v) is 8.04. The summed E-state index contributed by atoms with van der Waals surface area (Å²) in [7, 11) is 1.56.